The number of methoxy groups -OCH3 is 1. The van der Waals surface area contributed by atoms with Crippen LogP contribution in [-0.4, -0.2) is 13.2 Å². The highest BCUT2D eigenvalue weighted by Gasteiger charge is 2.31. The molecule has 0 radical (unpaired) electrons. The van der Waals surface area contributed by atoms with Gasteiger partial charge in [0.05, 0.1) is 7.11 Å². The third kappa shape index (κ3) is 2.33. The van der Waals surface area contributed by atoms with Crippen LogP contribution in [0.3, 0.4) is 0 Å². The summed E-state index contributed by atoms with van der Waals surface area (Å²) in [6.07, 6.45) is 2.04. The molecule has 16 heavy (non-hydrogen) atoms. The van der Waals surface area contributed by atoms with Crippen LogP contribution in [-0.2, 0) is 11.8 Å². The van der Waals surface area contributed by atoms with Gasteiger partial charge in [0, 0.05) is 6.04 Å². The number of ether oxygens (including phenoxy) is 1. The van der Waals surface area contributed by atoms with E-state index < -0.39 is 0 Å². The lowest BCUT2D eigenvalue weighted by molar-refractivity contribution is 0.381. The second-order valence-corrected chi connectivity index (χ2v) is 5.08. The largest absolute Gasteiger partial charge is 0.497 e. The molecule has 2 nitrogen and oxygen atoms in total. The number of halogens is 1. The van der Waals surface area contributed by atoms with Gasteiger partial charge in [-0.2, -0.15) is 0 Å². The van der Waals surface area contributed by atoms with Gasteiger partial charge >= 0.3 is 0 Å². The summed E-state index contributed by atoms with van der Waals surface area (Å²) in [7, 11) is 1.71. The van der Waals surface area contributed by atoms with E-state index in [1.807, 2.05) is 6.07 Å². The SMILES string of the molecule is COc1ccc2c(c1)C(C)(C)CC(N)C2.Cl. The summed E-state index contributed by atoms with van der Waals surface area (Å²) < 4.78 is 5.27. The van der Waals surface area contributed by atoms with Gasteiger partial charge < -0.3 is 10.5 Å². The monoisotopic (exact) mass is 241 g/mol. The highest BCUT2D eigenvalue weighted by atomic mass is 35.5. The molecule has 0 spiro atoms. The lowest BCUT2D eigenvalue weighted by Gasteiger charge is -2.36. The summed E-state index contributed by atoms with van der Waals surface area (Å²) in [5.41, 5.74) is 9.00. The van der Waals surface area contributed by atoms with Crippen molar-refractivity contribution in [3.8, 4) is 5.75 Å². The number of hydrogen-bond donors (Lipinski definition) is 1. The standard InChI is InChI=1S/C13H19NO.ClH/c1-13(2)8-10(14)6-9-4-5-11(15-3)7-12(9)13;/h4-5,7,10H,6,8,14H2,1-3H3;1H. The summed E-state index contributed by atoms with van der Waals surface area (Å²) in [6.45, 7) is 4.51. The Bertz CT molecular complexity index is 376. The molecule has 2 rings (SSSR count). The first-order valence-corrected chi connectivity index (χ1v) is 5.46. The number of hydrogen-bond acceptors (Lipinski definition) is 2. The van der Waals surface area contributed by atoms with Crippen LogP contribution in [0.15, 0.2) is 18.2 Å². The highest BCUT2D eigenvalue weighted by molar-refractivity contribution is 5.85. The summed E-state index contributed by atoms with van der Waals surface area (Å²) in [6, 6.07) is 6.62. The summed E-state index contributed by atoms with van der Waals surface area (Å²) in [4.78, 5) is 0. The molecule has 1 aromatic carbocycles. The van der Waals surface area contributed by atoms with Gasteiger partial charge in [-0.3, -0.25) is 0 Å². The molecule has 1 aromatic rings. The van der Waals surface area contributed by atoms with Gasteiger partial charge in [0.1, 0.15) is 5.75 Å². The molecule has 1 atom stereocenters. The molecule has 0 fully saturated rings. The van der Waals surface area contributed by atoms with Crippen molar-refractivity contribution >= 4 is 12.4 Å². The van der Waals surface area contributed by atoms with E-state index in [4.69, 9.17) is 10.5 Å². The maximum atomic E-state index is 6.06. The normalized spacial score (nSPS) is 21.9. The summed E-state index contributed by atoms with van der Waals surface area (Å²) >= 11 is 0. The smallest absolute Gasteiger partial charge is 0.119 e. The fourth-order valence-corrected chi connectivity index (χ4v) is 2.61. The average molecular weight is 242 g/mol. The zero-order chi connectivity index (χ0) is 11.1. The van der Waals surface area contributed by atoms with Gasteiger partial charge in [-0.15, -0.1) is 12.4 Å². The number of fused-ring (bicyclic) bond motifs is 1. The molecule has 0 aliphatic heterocycles. The number of nitrogens with two attached hydrogens (primary N) is 1. The first kappa shape index (κ1) is 13.3. The van der Waals surface area contributed by atoms with Gasteiger partial charge in [-0.05, 0) is 41.5 Å². The van der Waals surface area contributed by atoms with Crippen LogP contribution in [0.5, 0.6) is 5.75 Å². The molecule has 0 aromatic heterocycles. The molecule has 1 aliphatic rings. The van der Waals surface area contributed by atoms with E-state index in [9.17, 15) is 0 Å². The van der Waals surface area contributed by atoms with Crippen molar-refractivity contribution in [3.63, 3.8) is 0 Å². The minimum atomic E-state index is 0. The van der Waals surface area contributed by atoms with E-state index >= 15 is 0 Å². The number of benzene rings is 1. The predicted molar refractivity (Wildman–Crippen MR) is 69.6 cm³/mol. The molecule has 0 amide bonds. The molecule has 0 saturated heterocycles. The average Bonchev–Trinajstić information content (AvgIpc) is 2.16. The maximum Gasteiger partial charge on any atom is 0.119 e. The van der Waals surface area contributed by atoms with Gasteiger partial charge in [-0.25, -0.2) is 0 Å². The van der Waals surface area contributed by atoms with Crippen LogP contribution in [0.1, 0.15) is 31.4 Å². The van der Waals surface area contributed by atoms with Crippen molar-refractivity contribution in [2.24, 2.45) is 5.73 Å². The minimum Gasteiger partial charge on any atom is -0.497 e. The Morgan fingerprint density at radius 1 is 1.38 bits per heavy atom. The zero-order valence-corrected chi connectivity index (χ0v) is 10.9. The zero-order valence-electron chi connectivity index (χ0n) is 10.1. The first-order chi connectivity index (χ1) is 7.03. The summed E-state index contributed by atoms with van der Waals surface area (Å²) in [5.74, 6) is 0.942. The van der Waals surface area contributed by atoms with Crippen molar-refractivity contribution < 1.29 is 4.74 Å². The predicted octanol–water partition coefficient (Wildman–Crippen LogP) is 2.67. The topological polar surface area (TPSA) is 35.2 Å². The Labute approximate surface area is 104 Å². The van der Waals surface area contributed by atoms with E-state index in [0.717, 1.165) is 18.6 Å². The second kappa shape index (κ2) is 4.64. The molecule has 1 aliphatic carbocycles. The molecule has 1 unspecified atom stereocenters. The van der Waals surface area contributed by atoms with Crippen LogP contribution in [0.4, 0.5) is 0 Å². The Morgan fingerprint density at radius 2 is 2.06 bits per heavy atom. The second-order valence-electron chi connectivity index (χ2n) is 5.08. The van der Waals surface area contributed by atoms with E-state index in [2.05, 4.69) is 26.0 Å². The Balaban J connectivity index is 0.00000128. The van der Waals surface area contributed by atoms with Crippen LogP contribution in [0.2, 0.25) is 0 Å². The quantitative estimate of drug-likeness (QED) is 0.821. The van der Waals surface area contributed by atoms with Crippen molar-refractivity contribution in [3.05, 3.63) is 29.3 Å². The van der Waals surface area contributed by atoms with Gasteiger partial charge in [-0.1, -0.05) is 19.9 Å². The minimum absolute atomic E-state index is 0. The Kier molecular flexibility index (Phi) is 3.87. The van der Waals surface area contributed by atoms with Gasteiger partial charge in [0.25, 0.3) is 0 Å². The van der Waals surface area contributed by atoms with Crippen molar-refractivity contribution in [1.29, 1.82) is 0 Å². The molecule has 0 saturated carbocycles. The molecule has 2 N–H and O–H groups in total. The maximum absolute atomic E-state index is 6.06. The first-order valence-electron chi connectivity index (χ1n) is 5.46. The third-order valence-electron chi connectivity index (χ3n) is 3.30. The van der Waals surface area contributed by atoms with Crippen LogP contribution in [0.25, 0.3) is 0 Å². The Hall–Kier alpha value is -0.730. The number of rotatable bonds is 1. The lowest BCUT2D eigenvalue weighted by atomic mass is 9.71. The fraction of sp³-hybridized carbons (Fsp3) is 0.538. The van der Waals surface area contributed by atoms with Crippen LogP contribution < -0.4 is 10.5 Å². The molecule has 90 valence electrons. The lowest BCUT2D eigenvalue weighted by Crippen LogP contribution is -2.37. The van der Waals surface area contributed by atoms with E-state index in [1.54, 1.807) is 7.11 Å². The molecular weight excluding hydrogens is 222 g/mol. The molecule has 3 heteroatoms. The van der Waals surface area contributed by atoms with Gasteiger partial charge in [0.15, 0.2) is 0 Å². The molecule has 0 bridgehead atoms. The molecule has 0 heterocycles. The Morgan fingerprint density at radius 3 is 2.69 bits per heavy atom. The van der Waals surface area contributed by atoms with Crippen molar-refractivity contribution in [2.45, 2.75) is 38.1 Å². The third-order valence-corrected chi connectivity index (χ3v) is 3.30. The van der Waals surface area contributed by atoms with Crippen LogP contribution in [0, 0.1) is 0 Å². The fourth-order valence-electron chi connectivity index (χ4n) is 2.61. The van der Waals surface area contributed by atoms with Crippen molar-refractivity contribution in [1.82, 2.24) is 0 Å². The van der Waals surface area contributed by atoms with E-state index in [1.165, 1.54) is 11.1 Å². The summed E-state index contributed by atoms with van der Waals surface area (Å²) in [5, 5.41) is 0. The van der Waals surface area contributed by atoms with E-state index in [0.29, 0.717) is 6.04 Å². The van der Waals surface area contributed by atoms with E-state index in [-0.39, 0.29) is 17.8 Å². The molecular formula is C13H20ClNO. The highest BCUT2D eigenvalue weighted by Crippen LogP contribution is 2.37. The van der Waals surface area contributed by atoms with Crippen LogP contribution >= 0.6 is 12.4 Å². The van der Waals surface area contributed by atoms with Gasteiger partial charge in [0.2, 0.25) is 0 Å². The van der Waals surface area contributed by atoms with Crippen molar-refractivity contribution in [2.75, 3.05) is 7.11 Å².